The van der Waals surface area contributed by atoms with Crippen molar-refractivity contribution in [2.75, 3.05) is 20.2 Å². The molecule has 0 unspecified atom stereocenters. The molecule has 3 rings (SSSR count). The Bertz CT molecular complexity index is 669. The van der Waals surface area contributed by atoms with Crippen molar-refractivity contribution in [1.82, 2.24) is 4.90 Å². The Morgan fingerprint density at radius 1 is 1.12 bits per heavy atom. The van der Waals surface area contributed by atoms with Crippen molar-refractivity contribution in [3.8, 4) is 0 Å². The molecule has 0 aliphatic carbocycles. The van der Waals surface area contributed by atoms with Gasteiger partial charge in [0.25, 0.3) is 0 Å². The molecular weight excluding hydrogens is 302 g/mol. The van der Waals surface area contributed by atoms with Gasteiger partial charge in [-0.25, -0.2) is 4.79 Å². The van der Waals surface area contributed by atoms with E-state index < -0.39 is 0 Å². The molecule has 24 heavy (non-hydrogen) atoms. The fraction of sp³-hybridized carbons (Fsp3) is 0.350. The summed E-state index contributed by atoms with van der Waals surface area (Å²) in [5, 5.41) is 0. The molecule has 0 N–H and O–H groups in total. The lowest BCUT2D eigenvalue weighted by atomic mass is 10.0. The molecule has 1 fully saturated rings. The molecule has 4 heteroatoms. The van der Waals surface area contributed by atoms with E-state index in [0.29, 0.717) is 5.56 Å². The number of nitrogens with zero attached hydrogens (tertiary/aromatic N) is 1. The highest BCUT2D eigenvalue weighted by Crippen LogP contribution is 2.26. The Kier molecular flexibility index (Phi) is 5.28. The minimum absolute atomic E-state index is 0.0177. The van der Waals surface area contributed by atoms with Gasteiger partial charge in [0.05, 0.1) is 24.9 Å². The zero-order valence-corrected chi connectivity index (χ0v) is 14.1. The molecule has 1 aliphatic heterocycles. The molecule has 1 heterocycles. The zero-order chi connectivity index (χ0) is 16.9. The molecular formula is C20H23NO3. The largest absolute Gasteiger partial charge is 0.465 e. The number of carbonyl (C=O) groups is 1. The van der Waals surface area contributed by atoms with Crippen molar-refractivity contribution < 1.29 is 14.3 Å². The molecule has 1 saturated heterocycles. The van der Waals surface area contributed by atoms with Crippen LogP contribution in [0.4, 0.5) is 0 Å². The van der Waals surface area contributed by atoms with Gasteiger partial charge in [0.15, 0.2) is 0 Å². The SMILES string of the molecule is COC(=O)c1ccc([C@H]2CN(Cc3ccccc3)C[C@@H](C)O2)cc1. The number of hydrogen-bond acceptors (Lipinski definition) is 4. The topological polar surface area (TPSA) is 38.8 Å². The van der Waals surface area contributed by atoms with Crippen LogP contribution in [0.1, 0.15) is 34.5 Å². The summed E-state index contributed by atoms with van der Waals surface area (Å²) in [5.41, 5.74) is 2.96. The predicted octanol–water partition coefficient (Wildman–Crippen LogP) is 3.44. The second-order valence-corrected chi connectivity index (χ2v) is 6.23. The smallest absolute Gasteiger partial charge is 0.337 e. The summed E-state index contributed by atoms with van der Waals surface area (Å²) < 4.78 is 10.9. The summed E-state index contributed by atoms with van der Waals surface area (Å²) in [6, 6.07) is 18.0. The molecule has 0 amide bonds. The molecule has 0 saturated carbocycles. The average Bonchev–Trinajstić information content (AvgIpc) is 2.61. The van der Waals surface area contributed by atoms with Gasteiger partial charge in [0.1, 0.15) is 0 Å². The van der Waals surface area contributed by atoms with Crippen LogP contribution in [0.15, 0.2) is 54.6 Å². The first-order valence-corrected chi connectivity index (χ1v) is 8.25. The summed E-state index contributed by atoms with van der Waals surface area (Å²) in [5.74, 6) is -0.315. The van der Waals surface area contributed by atoms with Crippen molar-refractivity contribution >= 4 is 5.97 Å². The highest BCUT2D eigenvalue weighted by atomic mass is 16.5. The Morgan fingerprint density at radius 2 is 1.83 bits per heavy atom. The second kappa shape index (κ2) is 7.60. The number of rotatable bonds is 4. The van der Waals surface area contributed by atoms with E-state index in [2.05, 4.69) is 36.1 Å². The van der Waals surface area contributed by atoms with Gasteiger partial charge < -0.3 is 9.47 Å². The molecule has 0 radical (unpaired) electrons. The maximum absolute atomic E-state index is 11.5. The number of ether oxygens (including phenoxy) is 2. The fourth-order valence-electron chi connectivity index (χ4n) is 3.15. The number of carbonyl (C=O) groups excluding carboxylic acids is 1. The number of methoxy groups -OCH3 is 1. The van der Waals surface area contributed by atoms with Crippen LogP contribution < -0.4 is 0 Å². The van der Waals surface area contributed by atoms with Gasteiger partial charge in [-0.1, -0.05) is 42.5 Å². The number of benzene rings is 2. The normalized spacial score (nSPS) is 21.4. The van der Waals surface area contributed by atoms with Gasteiger partial charge in [-0.2, -0.15) is 0 Å². The first kappa shape index (κ1) is 16.7. The van der Waals surface area contributed by atoms with E-state index in [-0.39, 0.29) is 18.2 Å². The lowest BCUT2D eigenvalue weighted by molar-refractivity contribution is -0.0814. The van der Waals surface area contributed by atoms with E-state index in [1.54, 1.807) is 12.1 Å². The van der Waals surface area contributed by atoms with E-state index in [1.165, 1.54) is 12.7 Å². The molecule has 2 atom stereocenters. The molecule has 4 nitrogen and oxygen atoms in total. The van der Waals surface area contributed by atoms with Crippen LogP contribution >= 0.6 is 0 Å². The van der Waals surface area contributed by atoms with Crippen LogP contribution in [-0.4, -0.2) is 37.2 Å². The maximum Gasteiger partial charge on any atom is 0.337 e. The average molecular weight is 325 g/mol. The summed E-state index contributed by atoms with van der Waals surface area (Å²) in [6.45, 7) is 4.79. The summed E-state index contributed by atoms with van der Waals surface area (Å²) in [7, 11) is 1.39. The monoisotopic (exact) mass is 325 g/mol. The fourth-order valence-corrected chi connectivity index (χ4v) is 3.15. The van der Waals surface area contributed by atoms with E-state index >= 15 is 0 Å². The second-order valence-electron chi connectivity index (χ2n) is 6.23. The molecule has 2 aromatic rings. The molecule has 1 aliphatic rings. The predicted molar refractivity (Wildman–Crippen MR) is 92.8 cm³/mol. The number of esters is 1. The van der Waals surface area contributed by atoms with E-state index in [1.807, 2.05) is 18.2 Å². The Labute approximate surface area is 143 Å². The van der Waals surface area contributed by atoms with E-state index in [9.17, 15) is 4.79 Å². The van der Waals surface area contributed by atoms with Crippen LogP contribution in [0.5, 0.6) is 0 Å². The van der Waals surface area contributed by atoms with Crippen molar-refractivity contribution in [2.24, 2.45) is 0 Å². The lowest BCUT2D eigenvalue weighted by Crippen LogP contribution is -2.42. The third-order valence-corrected chi connectivity index (χ3v) is 4.29. The Balaban J connectivity index is 1.70. The van der Waals surface area contributed by atoms with Gasteiger partial charge in [0, 0.05) is 19.6 Å². The molecule has 2 aromatic carbocycles. The number of hydrogen-bond donors (Lipinski definition) is 0. The highest BCUT2D eigenvalue weighted by molar-refractivity contribution is 5.89. The van der Waals surface area contributed by atoms with Crippen molar-refractivity contribution in [3.63, 3.8) is 0 Å². The van der Waals surface area contributed by atoms with Crippen molar-refractivity contribution in [3.05, 3.63) is 71.3 Å². The third-order valence-electron chi connectivity index (χ3n) is 4.29. The molecule has 126 valence electrons. The minimum Gasteiger partial charge on any atom is -0.465 e. The van der Waals surface area contributed by atoms with Crippen LogP contribution in [0.2, 0.25) is 0 Å². The van der Waals surface area contributed by atoms with E-state index in [4.69, 9.17) is 9.47 Å². The van der Waals surface area contributed by atoms with Crippen LogP contribution in [-0.2, 0) is 16.0 Å². The van der Waals surface area contributed by atoms with Gasteiger partial charge in [0.2, 0.25) is 0 Å². The quantitative estimate of drug-likeness (QED) is 0.807. The van der Waals surface area contributed by atoms with Crippen LogP contribution in [0.25, 0.3) is 0 Å². The van der Waals surface area contributed by atoms with Crippen LogP contribution in [0, 0.1) is 0 Å². The van der Waals surface area contributed by atoms with Crippen molar-refractivity contribution in [1.29, 1.82) is 0 Å². The first-order valence-electron chi connectivity index (χ1n) is 8.25. The van der Waals surface area contributed by atoms with Gasteiger partial charge in [-0.3, -0.25) is 4.90 Å². The summed E-state index contributed by atoms with van der Waals surface area (Å²) >= 11 is 0. The number of morpholine rings is 1. The van der Waals surface area contributed by atoms with Gasteiger partial charge >= 0.3 is 5.97 Å². The maximum atomic E-state index is 11.5. The zero-order valence-electron chi connectivity index (χ0n) is 14.1. The van der Waals surface area contributed by atoms with E-state index in [0.717, 1.165) is 25.2 Å². The standard InChI is InChI=1S/C20H23NO3/c1-15-12-21(13-16-6-4-3-5-7-16)14-19(24-15)17-8-10-18(11-9-17)20(22)23-2/h3-11,15,19H,12-14H2,1-2H3/t15-,19-/m1/s1. The molecule has 0 aromatic heterocycles. The summed E-state index contributed by atoms with van der Waals surface area (Å²) in [4.78, 5) is 14.0. The third kappa shape index (κ3) is 4.02. The van der Waals surface area contributed by atoms with Crippen LogP contribution in [0.3, 0.4) is 0 Å². The Hall–Kier alpha value is -2.17. The first-order chi connectivity index (χ1) is 11.7. The van der Waals surface area contributed by atoms with Gasteiger partial charge in [-0.15, -0.1) is 0 Å². The highest BCUT2D eigenvalue weighted by Gasteiger charge is 2.26. The lowest BCUT2D eigenvalue weighted by Gasteiger charge is -2.37. The molecule has 0 spiro atoms. The van der Waals surface area contributed by atoms with Crippen molar-refractivity contribution in [2.45, 2.75) is 25.7 Å². The van der Waals surface area contributed by atoms with Gasteiger partial charge in [-0.05, 0) is 30.2 Å². The summed E-state index contributed by atoms with van der Waals surface area (Å²) in [6.07, 6.45) is 0.192. The molecule has 0 bridgehead atoms. The minimum atomic E-state index is -0.315. The Morgan fingerprint density at radius 3 is 2.50 bits per heavy atom.